The Balaban J connectivity index is 3.64. The number of nitrogens with zero attached hydrogens (tertiary/aromatic N) is 1. The van der Waals surface area contributed by atoms with E-state index >= 15 is 0 Å². The minimum absolute atomic E-state index is 0.444. The van der Waals surface area contributed by atoms with E-state index < -0.39 is 0 Å². The van der Waals surface area contributed by atoms with Crippen LogP contribution in [-0.4, -0.2) is 29.9 Å². The molecule has 0 saturated heterocycles. The summed E-state index contributed by atoms with van der Waals surface area (Å²) in [4.78, 5) is 0. The van der Waals surface area contributed by atoms with Crippen LogP contribution in [0.15, 0.2) is 0 Å². The Morgan fingerprint density at radius 1 is 1.25 bits per heavy atom. The van der Waals surface area contributed by atoms with Gasteiger partial charge in [0.2, 0.25) is 0 Å². The van der Waals surface area contributed by atoms with E-state index in [9.17, 15) is 0 Å². The van der Waals surface area contributed by atoms with Crippen LogP contribution in [0.1, 0.15) is 27.7 Å². The predicted octanol–water partition coefficient (Wildman–Crippen LogP) is 1.59. The second-order valence-corrected chi connectivity index (χ2v) is 4.31. The van der Waals surface area contributed by atoms with E-state index in [0.29, 0.717) is 34.2 Å². The third kappa shape index (κ3) is 5.04. The monoisotopic (exact) mass is 192 g/mol. The van der Waals surface area contributed by atoms with Gasteiger partial charge in [0.25, 0.3) is 0 Å². The second kappa shape index (κ2) is 6.79. The molecule has 0 aromatic rings. The van der Waals surface area contributed by atoms with Crippen LogP contribution in [0.3, 0.4) is 0 Å². The summed E-state index contributed by atoms with van der Waals surface area (Å²) in [6, 6.07) is 1.09. The summed E-state index contributed by atoms with van der Waals surface area (Å²) in [5.41, 5.74) is 5.33. The van der Waals surface area contributed by atoms with E-state index in [0.717, 1.165) is 0 Å². The predicted molar refractivity (Wildman–Crippen MR) is 55.4 cm³/mol. The highest BCUT2D eigenvalue weighted by atomic mass is 31.1. The van der Waals surface area contributed by atoms with E-state index in [-0.39, 0.29) is 0 Å². The maximum absolute atomic E-state index is 5.40. The molecule has 0 aliphatic carbocycles. The maximum atomic E-state index is 5.40. The lowest BCUT2D eigenvalue weighted by Crippen LogP contribution is -2.29. The van der Waals surface area contributed by atoms with Gasteiger partial charge in [-0.05, 0) is 27.7 Å². The van der Waals surface area contributed by atoms with E-state index in [1.54, 1.807) is 0 Å². The average Bonchev–Trinajstić information content (AvgIpc) is 1.96. The van der Waals surface area contributed by atoms with E-state index in [1.807, 2.05) is 0 Å². The lowest BCUT2D eigenvalue weighted by Gasteiger charge is -2.29. The van der Waals surface area contributed by atoms with Crippen molar-refractivity contribution in [1.29, 1.82) is 0 Å². The van der Waals surface area contributed by atoms with Crippen molar-refractivity contribution >= 4 is 8.96 Å². The average molecular weight is 192 g/mol. The Morgan fingerprint density at radius 2 is 1.75 bits per heavy atom. The van der Waals surface area contributed by atoms with Gasteiger partial charge in [-0.15, -0.1) is 0 Å². The lowest BCUT2D eigenvalue weighted by atomic mass is 10.3. The number of hydrogen-bond acceptors (Lipinski definition) is 3. The number of nitrogens with two attached hydrogens (primary N) is 1. The van der Waals surface area contributed by atoms with Gasteiger partial charge in [-0.1, -0.05) is 0 Å². The number of rotatable bonds is 6. The van der Waals surface area contributed by atoms with Gasteiger partial charge >= 0.3 is 0 Å². The molecule has 0 amide bonds. The van der Waals surface area contributed by atoms with Crippen LogP contribution in [0.4, 0.5) is 0 Å². The largest absolute Gasteiger partial charge is 0.345 e. The molecule has 0 aliphatic rings. The zero-order valence-corrected chi connectivity index (χ0v) is 9.50. The Kier molecular flexibility index (Phi) is 6.96. The summed E-state index contributed by atoms with van der Waals surface area (Å²) in [6.45, 7) is 9.99. The summed E-state index contributed by atoms with van der Waals surface area (Å²) < 4.78 is 7.71. The quantitative estimate of drug-likeness (QED) is 0.513. The topological polar surface area (TPSA) is 38.5 Å². The smallest absolute Gasteiger partial charge is 0.0894 e. The molecule has 1 unspecified atom stereocenters. The van der Waals surface area contributed by atoms with Gasteiger partial charge in [0.05, 0.1) is 15.6 Å². The molecule has 3 nitrogen and oxygen atoms in total. The Labute approximate surface area is 77.6 Å². The molecule has 0 bridgehead atoms. The first kappa shape index (κ1) is 12.3. The Hall–Kier alpha value is 0.310. The van der Waals surface area contributed by atoms with E-state index in [4.69, 9.17) is 10.3 Å². The van der Waals surface area contributed by atoms with Crippen molar-refractivity contribution in [3.8, 4) is 0 Å². The fourth-order valence-corrected chi connectivity index (χ4v) is 1.77. The van der Waals surface area contributed by atoms with Gasteiger partial charge in [-0.25, -0.2) is 0 Å². The van der Waals surface area contributed by atoms with Crippen LogP contribution in [0, 0.1) is 0 Å². The van der Waals surface area contributed by atoms with E-state index in [1.165, 1.54) is 0 Å². The van der Waals surface area contributed by atoms with Gasteiger partial charge in [-0.3, -0.25) is 4.67 Å². The minimum Gasteiger partial charge on any atom is -0.345 e. The molecule has 0 radical (unpaired) electrons. The molecular weight excluding hydrogens is 171 g/mol. The molecule has 0 rings (SSSR count). The molecule has 0 aliphatic heterocycles. The molecule has 0 spiro atoms. The fourth-order valence-electron chi connectivity index (χ4n) is 0.986. The van der Waals surface area contributed by atoms with Crippen molar-refractivity contribution in [2.24, 2.45) is 5.73 Å². The minimum atomic E-state index is 0.444. The van der Waals surface area contributed by atoms with Crippen LogP contribution in [-0.2, 0) is 4.52 Å². The molecule has 0 aromatic heterocycles. The maximum Gasteiger partial charge on any atom is 0.0894 e. The van der Waals surface area contributed by atoms with Crippen LogP contribution < -0.4 is 5.73 Å². The molecule has 0 aromatic carbocycles. The highest BCUT2D eigenvalue weighted by molar-refractivity contribution is 7.29. The summed E-state index contributed by atoms with van der Waals surface area (Å²) in [5, 5.41) is 0. The van der Waals surface area contributed by atoms with Crippen LogP contribution in [0.5, 0.6) is 0 Å². The molecule has 0 saturated carbocycles. The highest BCUT2D eigenvalue weighted by Crippen LogP contribution is 2.24. The molecular formula is C8H21N2OP. The highest BCUT2D eigenvalue weighted by Gasteiger charge is 2.12. The van der Waals surface area contributed by atoms with Crippen molar-refractivity contribution in [1.82, 2.24) is 4.67 Å². The molecule has 0 fully saturated rings. The second-order valence-electron chi connectivity index (χ2n) is 3.32. The van der Waals surface area contributed by atoms with Crippen LogP contribution >= 0.6 is 8.96 Å². The summed E-state index contributed by atoms with van der Waals surface area (Å²) in [5.74, 6) is 0. The number of hydrogen-bond donors (Lipinski definition) is 1. The molecule has 0 heterocycles. The zero-order chi connectivity index (χ0) is 9.56. The molecule has 74 valence electrons. The van der Waals surface area contributed by atoms with Gasteiger partial charge in [0, 0.05) is 18.6 Å². The van der Waals surface area contributed by atoms with Crippen LogP contribution in [0.25, 0.3) is 0 Å². The van der Waals surface area contributed by atoms with Crippen LogP contribution in [0.2, 0.25) is 0 Å². The Morgan fingerprint density at radius 3 is 2.08 bits per heavy atom. The molecule has 12 heavy (non-hydrogen) atoms. The first-order chi connectivity index (χ1) is 5.59. The van der Waals surface area contributed by atoms with Crippen molar-refractivity contribution in [3.63, 3.8) is 0 Å². The van der Waals surface area contributed by atoms with Crippen molar-refractivity contribution in [3.05, 3.63) is 0 Å². The normalized spacial score (nSPS) is 13.0. The van der Waals surface area contributed by atoms with Gasteiger partial charge in [0.15, 0.2) is 0 Å². The lowest BCUT2D eigenvalue weighted by molar-refractivity contribution is 0.271. The van der Waals surface area contributed by atoms with Gasteiger partial charge < -0.3 is 10.3 Å². The summed E-state index contributed by atoms with van der Waals surface area (Å²) >= 11 is 0. The molecule has 1 atom stereocenters. The summed E-state index contributed by atoms with van der Waals surface area (Å²) in [7, 11) is 0.444. The van der Waals surface area contributed by atoms with Crippen molar-refractivity contribution in [2.45, 2.75) is 39.8 Å². The van der Waals surface area contributed by atoms with Gasteiger partial charge in [-0.2, -0.15) is 0 Å². The first-order valence-electron chi connectivity index (χ1n) is 4.45. The fraction of sp³-hybridized carbons (Fsp3) is 1.00. The zero-order valence-electron chi connectivity index (χ0n) is 8.50. The molecule has 2 N–H and O–H groups in total. The van der Waals surface area contributed by atoms with E-state index in [2.05, 4.69) is 32.4 Å². The Bertz CT molecular complexity index is 101. The third-order valence-corrected chi connectivity index (χ3v) is 3.08. The standard InChI is InChI=1S/C8H21N2OP/c1-7(2)10(8(3)4)12-11-6-5-9/h7-8,12H,5-6,9H2,1-4H3. The van der Waals surface area contributed by atoms with Crippen molar-refractivity contribution < 1.29 is 4.52 Å². The SMILES string of the molecule is CC(C)N(POCCN)C(C)C. The first-order valence-corrected chi connectivity index (χ1v) is 5.31. The van der Waals surface area contributed by atoms with Gasteiger partial charge in [0.1, 0.15) is 0 Å². The third-order valence-electron chi connectivity index (χ3n) is 1.50. The molecule has 4 heteroatoms. The van der Waals surface area contributed by atoms with Crippen molar-refractivity contribution in [2.75, 3.05) is 13.2 Å². The summed E-state index contributed by atoms with van der Waals surface area (Å²) in [6.07, 6.45) is 0.